The van der Waals surface area contributed by atoms with Crippen molar-refractivity contribution in [3.8, 4) is 0 Å². The summed E-state index contributed by atoms with van der Waals surface area (Å²) >= 11 is 0. The smallest absolute Gasteiger partial charge is 0.306 e. The Morgan fingerprint density at radius 1 is 1.21 bits per heavy atom. The van der Waals surface area contributed by atoms with Crippen molar-refractivity contribution in [3.63, 3.8) is 0 Å². The van der Waals surface area contributed by atoms with Gasteiger partial charge in [-0.1, -0.05) is 19.6 Å². The molecule has 0 bridgehead atoms. The molecule has 0 aliphatic carbocycles. The van der Waals surface area contributed by atoms with Gasteiger partial charge in [0, 0.05) is 14.0 Å². The van der Waals surface area contributed by atoms with Crippen molar-refractivity contribution in [2.45, 2.75) is 38.5 Å². The zero-order valence-electron chi connectivity index (χ0n) is 8.96. The molecule has 14 heavy (non-hydrogen) atoms. The standard InChI is InChI=1S/C9H18O4Si/c1-14(2,3)7-6-13-9(12)5-4-8(10)11/h4-7H2,1-3H3,(H,10,11)/p-1. The minimum absolute atomic E-state index is 0.0893. The van der Waals surface area contributed by atoms with Gasteiger partial charge in [0.05, 0.1) is 13.0 Å². The van der Waals surface area contributed by atoms with Gasteiger partial charge >= 0.3 is 5.97 Å². The van der Waals surface area contributed by atoms with E-state index in [0.717, 1.165) is 6.04 Å². The first-order valence-electron chi connectivity index (χ1n) is 4.67. The summed E-state index contributed by atoms with van der Waals surface area (Å²) in [6.07, 6.45) is -0.347. The maximum absolute atomic E-state index is 10.9. The number of hydrogen-bond acceptors (Lipinski definition) is 4. The van der Waals surface area contributed by atoms with Crippen LogP contribution < -0.4 is 5.11 Å². The van der Waals surface area contributed by atoms with Gasteiger partial charge in [-0.25, -0.2) is 0 Å². The minimum Gasteiger partial charge on any atom is -0.550 e. The molecule has 0 aromatic carbocycles. The number of carboxylic acid groups (broad SMARTS) is 1. The molecule has 0 heterocycles. The van der Waals surface area contributed by atoms with E-state index in [0.29, 0.717) is 6.61 Å². The lowest BCUT2D eigenvalue weighted by molar-refractivity contribution is -0.305. The van der Waals surface area contributed by atoms with E-state index in [1.54, 1.807) is 0 Å². The number of esters is 1. The van der Waals surface area contributed by atoms with Crippen LogP contribution in [0.1, 0.15) is 12.8 Å². The first kappa shape index (κ1) is 13.2. The van der Waals surface area contributed by atoms with E-state index in [-0.39, 0.29) is 12.8 Å². The molecule has 0 aliphatic rings. The number of aliphatic carboxylic acids is 1. The summed E-state index contributed by atoms with van der Waals surface area (Å²) in [7, 11) is -1.17. The number of carboxylic acids is 1. The van der Waals surface area contributed by atoms with E-state index >= 15 is 0 Å². The van der Waals surface area contributed by atoms with Crippen molar-refractivity contribution >= 4 is 20.0 Å². The molecule has 0 aromatic heterocycles. The zero-order chi connectivity index (χ0) is 11.2. The molecule has 0 fully saturated rings. The maximum atomic E-state index is 10.9. The molecule has 0 radical (unpaired) electrons. The van der Waals surface area contributed by atoms with Gasteiger partial charge in [0.1, 0.15) is 0 Å². The third-order valence-corrected chi connectivity index (χ3v) is 3.35. The van der Waals surface area contributed by atoms with Gasteiger partial charge < -0.3 is 14.6 Å². The summed E-state index contributed by atoms with van der Waals surface area (Å²) in [4.78, 5) is 21.0. The van der Waals surface area contributed by atoms with E-state index in [2.05, 4.69) is 19.6 Å². The average molecular weight is 217 g/mol. The molecule has 0 saturated heterocycles. The number of hydrogen-bond donors (Lipinski definition) is 0. The monoisotopic (exact) mass is 217 g/mol. The van der Waals surface area contributed by atoms with Crippen LogP contribution in [-0.4, -0.2) is 26.6 Å². The van der Waals surface area contributed by atoms with Crippen LogP contribution in [0.2, 0.25) is 25.7 Å². The van der Waals surface area contributed by atoms with Gasteiger partial charge in [0.15, 0.2) is 0 Å². The number of carbonyl (C=O) groups excluding carboxylic acids is 2. The first-order chi connectivity index (χ1) is 6.31. The quantitative estimate of drug-likeness (QED) is 0.477. The zero-order valence-corrected chi connectivity index (χ0v) is 9.96. The molecule has 0 rings (SSSR count). The molecule has 5 heteroatoms. The Morgan fingerprint density at radius 3 is 2.21 bits per heavy atom. The molecule has 0 N–H and O–H groups in total. The lowest BCUT2D eigenvalue weighted by atomic mass is 10.3. The lowest BCUT2D eigenvalue weighted by Gasteiger charge is -2.15. The predicted octanol–water partition coefficient (Wildman–Crippen LogP) is 0.398. The van der Waals surface area contributed by atoms with Gasteiger partial charge in [0.25, 0.3) is 0 Å². The van der Waals surface area contributed by atoms with Crippen molar-refractivity contribution in [2.24, 2.45) is 0 Å². The molecule has 0 aliphatic heterocycles. The SMILES string of the molecule is C[Si](C)(C)CCOC(=O)CCC(=O)[O-]. The summed E-state index contributed by atoms with van der Waals surface area (Å²) < 4.78 is 4.87. The van der Waals surface area contributed by atoms with E-state index in [4.69, 9.17) is 4.74 Å². The fourth-order valence-corrected chi connectivity index (χ4v) is 1.46. The van der Waals surface area contributed by atoms with Crippen LogP contribution in [0.25, 0.3) is 0 Å². The van der Waals surface area contributed by atoms with Crippen molar-refractivity contribution in [1.82, 2.24) is 0 Å². The Balaban J connectivity index is 3.50. The molecular weight excluding hydrogens is 200 g/mol. The highest BCUT2D eigenvalue weighted by Gasteiger charge is 2.13. The molecule has 0 amide bonds. The molecule has 0 atom stereocenters. The minimum atomic E-state index is -1.22. The fourth-order valence-electron chi connectivity index (χ4n) is 0.747. The van der Waals surface area contributed by atoms with Crippen molar-refractivity contribution in [3.05, 3.63) is 0 Å². The Labute approximate surface area is 85.3 Å². The molecule has 0 aromatic rings. The van der Waals surface area contributed by atoms with Crippen molar-refractivity contribution < 1.29 is 19.4 Å². The van der Waals surface area contributed by atoms with Crippen molar-refractivity contribution in [2.75, 3.05) is 6.61 Å². The molecular formula is C9H17O4Si-. The summed E-state index contributed by atoms with van der Waals surface area (Å²) in [5.41, 5.74) is 0. The second-order valence-electron chi connectivity index (χ2n) is 4.40. The summed E-state index contributed by atoms with van der Waals surface area (Å²) in [5.74, 6) is -1.67. The topological polar surface area (TPSA) is 66.4 Å². The Morgan fingerprint density at radius 2 is 1.79 bits per heavy atom. The third kappa shape index (κ3) is 9.25. The summed E-state index contributed by atoms with van der Waals surface area (Å²) in [5, 5.41) is 10.0. The second kappa shape index (κ2) is 5.80. The van der Waals surface area contributed by atoms with Gasteiger partial charge in [-0.05, 0) is 12.5 Å². The molecule has 4 nitrogen and oxygen atoms in total. The summed E-state index contributed by atoms with van der Waals surface area (Å²) in [6.45, 7) is 6.95. The van der Waals surface area contributed by atoms with Gasteiger partial charge in [0.2, 0.25) is 0 Å². The number of carbonyl (C=O) groups is 2. The van der Waals surface area contributed by atoms with Gasteiger partial charge in [-0.3, -0.25) is 4.79 Å². The van der Waals surface area contributed by atoms with E-state index < -0.39 is 20.0 Å². The lowest BCUT2D eigenvalue weighted by Crippen LogP contribution is -2.25. The van der Waals surface area contributed by atoms with Gasteiger partial charge in [-0.2, -0.15) is 0 Å². The average Bonchev–Trinajstić information content (AvgIpc) is 1.98. The highest BCUT2D eigenvalue weighted by atomic mass is 28.3. The van der Waals surface area contributed by atoms with E-state index in [9.17, 15) is 14.7 Å². The molecule has 0 unspecified atom stereocenters. The van der Waals surface area contributed by atoms with Gasteiger partial charge in [-0.15, -0.1) is 0 Å². The van der Waals surface area contributed by atoms with Crippen molar-refractivity contribution in [1.29, 1.82) is 0 Å². The summed E-state index contributed by atoms with van der Waals surface area (Å²) in [6, 6.07) is 0.907. The van der Waals surface area contributed by atoms with E-state index in [1.807, 2.05) is 0 Å². The highest BCUT2D eigenvalue weighted by Crippen LogP contribution is 2.07. The maximum Gasteiger partial charge on any atom is 0.306 e. The fraction of sp³-hybridized carbons (Fsp3) is 0.778. The van der Waals surface area contributed by atoms with Crippen LogP contribution in [-0.2, 0) is 14.3 Å². The van der Waals surface area contributed by atoms with Crippen LogP contribution in [0, 0.1) is 0 Å². The van der Waals surface area contributed by atoms with Crippen LogP contribution in [0.5, 0.6) is 0 Å². The second-order valence-corrected chi connectivity index (χ2v) is 10.0. The van der Waals surface area contributed by atoms with Crippen LogP contribution >= 0.6 is 0 Å². The molecule has 0 saturated carbocycles. The highest BCUT2D eigenvalue weighted by molar-refractivity contribution is 6.76. The largest absolute Gasteiger partial charge is 0.550 e. The van der Waals surface area contributed by atoms with Crippen LogP contribution in [0.15, 0.2) is 0 Å². The number of rotatable bonds is 6. The van der Waals surface area contributed by atoms with Crippen LogP contribution in [0.4, 0.5) is 0 Å². The Hall–Kier alpha value is -0.843. The molecule has 82 valence electrons. The predicted molar refractivity (Wildman–Crippen MR) is 53.4 cm³/mol. The first-order valence-corrected chi connectivity index (χ1v) is 8.37. The number of ether oxygens (including phenoxy) is 1. The normalized spacial score (nSPS) is 11.1. The molecule has 0 spiro atoms. The van der Waals surface area contributed by atoms with E-state index in [1.165, 1.54) is 0 Å². The third-order valence-electron chi connectivity index (χ3n) is 1.65. The Kier molecular flexibility index (Phi) is 5.45. The Bertz CT molecular complexity index is 207. The van der Waals surface area contributed by atoms with Crippen LogP contribution in [0.3, 0.4) is 0 Å².